The summed E-state index contributed by atoms with van der Waals surface area (Å²) >= 11 is 0. The van der Waals surface area contributed by atoms with Gasteiger partial charge in [0.1, 0.15) is 5.75 Å². The average molecular weight is 275 g/mol. The molecule has 2 rings (SSSR count). The minimum Gasteiger partial charge on any atom is -0.493 e. The molecule has 112 valence electrons. The van der Waals surface area contributed by atoms with Crippen LogP contribution in [0.15, 0.2) is 24.3 Å². The lowest BCUT2D eigenvalue weighted by Gasteiger charge is -2.39. The van der Waals surface area contributed by atoms with Crippen LogP contribution in [0.1, 0.15) is 58.4 Å². The molecular formula is C18H29NO. The van der Waals surface area contributed by atoms with Gasteiger partial charge in [-0.2, -0.15) is 0 Å². The van der Waals surface area contributed by atoms with Gasteiger partial charge in [-0.15, -0.1) is 0 Å². The SMILES string of the molecule is CCCOc1ccccc1C1CCC1CNC(C)(C)C. The molecule has 1 aliphatic rings. The lowest BCUT2D eigenvalue weighted by Crippen LogP contribution is -2.43. The summed E-state index contributed by atoms with van der Waals surface area (Å²) < 4.78 is 5.92. The maximum Gasteiger partial charge on any atom is 0.122 e. The van der Waals surface area contributed by atoms with Crippen LogP contribution in [0.2, 0.25) is 0 Å². The smallest absolute Gasteiger partial charge is 0.122 e. The fourth-order valence-corrected chi connectivity index (χ4v) is 2.79. The van der Waals surface area contributed by atoms with E-state index in [4.69, 9.17) is 4.74 Å². The third-order valence-corrected chi connectivity index (χ3v) is 4.09. The third-order valence-electron chi connectivity index (χ3n) is 4.09. The van der Waals surface area contributed by atoms with Crippen molar-refractivity contribution in [1.82, 2.24) is 5.32 Å². The number of nitrogens with one attached hydrogen (secondary N) is 1. The number of hydrogen-bond acceptors (Lipinski definition) is 2. The Bertz CT molecular complexity index is 422. The highest BCUT2D eigenvalue weighted by Gasteiger charge is 2.34. The second kappa shape index (κ2) is 6.62. The van der Waals surface area contributed by atoms with E-state index in [9.17, 15) is 0 Å². The van der Waals surface area contributed by atoms with Crippen molar-refractivity contribution in [3.05, 3.63) is 29.8 Å². The quantitative estimate of drug-likeness (QED) is 0.833. The summed E-state index contributed by atoms with van der Waals surface area (Å²) in [5, 5.41) is 3.65. The van der Waals surface area contributed by atoms with E-state index in [0.29, 0.717) is 5.92 Å². The first-order valence-electron chi connectivity index (χ1n) is 7.98. The van der Waals surface area contributed by atoms with Gasteiger partial charge in [0.15, 0.2) is 0 Å². The first-order chi connectivity index (χ1) is 9.51. The summed E-state index contributed by atoms with van der Waals surface area (Å²) in [6.07, 6.45) is 3.69. The fraction of sp³-hybridized carbons (Fsp3) is 0.667. The van der Waals surface area contributed by atoms with E-state index in [1.807, 2.05) is 0 Å². The standard InChI is InChI=1S/C18H29NO/c1-5-12-20-17-9-7-6-8-16(17)15-11-10-14(15)13-19-18(2,3)4/h6-9,14-15,19H,5,10-13H2,1-4H3. The van der Waals surface area contributed by atoms with Crippen molar-refractivity contribution in [3.8, 4) is 5.75 Å². The molecular weight excluding hydrogens is 246 g/mol. The van der Waals surface area contributed by atoms with Gasteiger partial charge in [-0.1, -0.05) is 25.1 Å². The Kier molecular flexibility index (Phi) is 5.09. The molecule has 1 aromatic carbocycles. The van der Waals surface area contributed by atoms with E-state index in [0.717, 1.165) is 31.2 Å². The van der Waals surface area contributed by atoms with Gasteiger partial charge in [0.05, 0.1) is 6.61 Å². The van der Waals surface area contributed by atoms with Crippen LogP contribution in [0.4, 0.5) is 0 Å². The van der Waals surface area contributed by atoms with Crippen molar-refractivity contribution in [1.29, 1.82) is 0 Å². The van der Waals surface area contributed by atoms with Gasteiger partial charge < -0.3 is 10.1 Å². The van der Waals surface area contributed by atoms with E-state index in [-0.39, 0.29) is 5.54 Å². The minimum atomic E-state index is 0.207. The zero-order chi connectivity index (χ0) is 14.6. The van der Waals surface area contributed by atoms with E-state index < -0.39 is 0 Å². The molecule has 0 amide bonds. The molecule has 0 aliphatic heterocycles. The van der Waals surface area contributed by atoms with Gasteiger partial charge >= 0.3 is 0 Å². The Morgan fingerprint density at radius 3 is 2.55 bits per heavy atom. The van der Waals surface area contributed by atoms with Crippen molar-refractivity contribution < 1.29 is 4.74 Å². The Morgan fingerprint density at radius 2 is 1.95 bits per heavy atom. The van der Waals surface area contributed by atoms with Crippen LogP contribution in [0, 0.1) is 5.92 Å². The molecule has 1 saturated carbocycles. The molecule has 1 fully saturated rings. The number of benzene rings is 1. The van der Waals surface area contributed by atoms with Crippen molar-refractivity contribution in [3.63, 3.8) is 0 Å². The first-order valence-corrected chi connectivity index (χ1v) is 7.98. The zero-order valence-corrected chi connectivity index (χ0v) is 13.4. The van der Waals surface area contributed by atoms with Crippen LogP contribution in [-0.4, -0.2) is 18.7 Å². The maximum absolute atomic E-state index is 5.92. The summed E-state index contributed by atoms with van der Waals surface area (Å²) in [5.74, 6) is 2.51. The molecule has 1 N–H and O–H groups in total. The molecule has 20 heavy (non-hydrogen) atoms. The molecule has 2 nitrogen and oxygen atoms in total. The van der Waals surface area contributed by atoms with Crippen LogP contribution >= 0.6 is 0 Å². The average Bonchev–Trinajstić information content (AvgIpc) is 2.35. The molecule has 0 aromatic heterocycles. The molecule has 2 atom stereocenters. The third kappa shape index (κ3) is 3.99. The summed E-state index contributed by atoms with van der Waals surface area (Å²) in [6, 6.07) is 8.59. The molecule has 0 spiro atoms. The second-order valence-electron chi connectivity index (χ2n) is 6.96. The molecule has 2 unspecified atom stereocenters. The van der Waals surface area contributed by atoms with Gasteiger partial charge in [-0.3, -0.25) is 0 Å². The van der Waals surface area contributed by atoms with Crippen molar-refractivity contribution in [2.75, 3.05) is 13.2 Å². The molecule has 0 heterocycles. The maximum atomic E-state index is 5.92. The summed E-state index contributed by atoms with van der Waals surface area (Å²) in [6.45, 7) is 10.8. The normalized spacial score (nSPS) is 22.4. The Labute approximate surface area is 123 Å². The molecule has 0 saturated heterocycles. The van der Waals surface area contributed by atoms with E-state index in [2.05, 4.69) is 57.3 Å². The number of ether oxygens (including phenoxy) is 1. The lowest BCUT2D eigenvalue weighted by atomic mass is 9.69. The van der Waals surface area contributed by atoms with Crippen LogP contribution in [0.5, 0.6) is 5.75 Å². The number of para-hydroxylation sites is 1. The van der Waals surface area contributed by atoms with Crippen LogP contribution < -0.4 is 10.1 Å². The largest absolute Gasteiger partial charge is 0.493 e. The van der Waals surface area contributed by atoms with Crippen molar-refractivity contribution in [2.24, 2.45) is 5.92 Å². The molecule has 1 aliphatic carbocycles. The topological polar surface area (TPSA) is 21.3 Å². The summed E-state index contributed by atoms with van der Waals surface area (Å²) in [5.41, 5.74) is 1.62. The van der Waals surface area contributed by atoms with Gasteiger partial charge in [-0.05, 0) is 70.0 Å². The van der Waals surface area contributed by atoms with E-state index in [1.165, 1.54) is 18.4 Å². The van der Waals surface area contributed by atoms with Crippen LogP contribution in [-0.2, 0) is 0 Å². The van der Waals surface area contributed by atoms with Gasteiger partial charge in [0, 0.05) is 5.54 Å². The molecule has 1 aromatic rings. The van der Waals surface area contributed by atoms with Gasteiger partial charge in [0.25, 0.3) is 0 Å². The highest BCUT2D eigenvalue weighted by Crippen LogP contribution is 2.45. The monoisotopic (exact) mass is 275 g/mol. The Hall–Kier alpha value is -1.02. The predicted molar refractivity (Wildman–Crippen MR) is 85.4 cm³/mol. The van der Waals surface area contributed by atoms with E-state index in [1.54, 1.807) is 0 Å². The predicted octanol–water partition coefficient (Wildman–Crippen LogP) is 4.36. The van der Waals surface area contributed by atoms with Gasteiger partial charge in [-0.25, -0.2) is 0 Å². The highest BCUT2D eigenvalue weighted by atomic mass is 16.5. The Morgan fingerprint density at radius 1 is 1.20 bits per heavy atom. The van der Waals surface area contributed by atoms with Gasteiger partial charge in [0.2, 0.25) is 0 Å². The number of hydrogen-bond donors (Lipinski definition) is 1. The zero-order valence-electron chi connectivity index (χ0n) is 13.4. The Balaban J connectivity index is 2.00. The lowest BCUT2D eigenvalue weighted by molar-refractivity contribution is 0.218. The fourth-order valence-electron chi connectivity index (χ4n) is 2.79. The van der Waals surface area contributed by atoms with Crippen molar-refractivity contribution in [2.45, 2.75) is 58.4 Å². The first kappa shape index (κ1) is 15.4. The van der Waals surface area contributed by atoms with E-state index >= 15 is 0 Å². The van der Waals surface area contributed by atoms with Crippen molar-refractivity contribution >= 4 is 0 Å². The highest BCUT2D eigenvalue weighted by molar-refractivity contribution is 5.38. The second-order valence-corrected chi connectivity index (χ2v) is 6.96. The summed E-state index contributed by atoms with van der Waals surface area (Å²) in [4.78, 5) is 0. The molecule has 0 radical (unpaired) electrons. The molecule has 2 heteroatoms. The number of rotatable bonds is 6. The molecule has 0 bridgehead atoms. The van der Waals surface area contributed by atoms with Crippen LogP contribution in [0.3, 0.4) is 0 Å². The summed E-state index contributed by atoms with van der Waals surface area (Å²) in [7, 11) is 0. The van der Waals surface area contributed by atoms with Crippen LogP contribution in [0.25, 0.3) is 0 Å². The minimum absolute atomic E-state index is 0.207.